The summed E-state index contributed by atoms with van der Waals surface area (Å²) in [6.45, 7) is 6.00. The number of hydrogen-bond donors (Lipinski definition) is 2. The molecule has 0 saturated heterocycles. The Morgan fingerprint density at radius 3 is 2.54 bits per heavy atom. The molecule has 0 spiro atoms. The number of rotatable bonds is 5. The van der Waals surface area contributed by atoms with Crippen LogP contribution in [0.4, 0.5) is 4.79 Å². The minimum absolute atomic E-state index is 0.114. The molecule has 2 amide bonds. The van der Waals surface area contributed by atoms with Gasteiger partial charge in [0.25, 0.3) is 0 Å². The lowest BCUT2D eigenvalue weighted by Gasteiger charge is -2.38. The zero-order chi connectivity index (χ0) is 17.6. The summed E-state index contributed by atoms with van der Waals surface area (Å²) in [5.41, 5.74) is -0.991. The van der Waals surface area contributed by atoms with Gasteiger partial charge in [-0.3, -0.25) is 4.79 Å². The average molecular weight is 337 g/mol. The zero-order valence-electron chi connectivity index (χ0n) is 14.7. The molecule has 1 fully saturated rings. The van der Waals surface area contributed by atoms with Gasteiger partial charge in [-0.1, -0.05) is 19.3 Å². The van der Waals surface area contributed by atoms with E-state index in [4.69, 9.17) is 4.74 Å². The van der Waals surface area contributed by atoms with Crippen LogP contribution in [0.1, 0.15) is 52.9 Å². The standard InChI is InChI=1S/C16H27N5O3/c1-15(2,3)24-14(23)20-16(7-5-4-6-8-16)10-18-13(22)9-21-12-17-11-19-21/h11-12H,4-10H2,1-3H3,(H,18,22)(H,20,23). The minimum Gasteiger partial charge on any atom is -0.444 e. The van der Waals surface area contributed by atoms with Gasteiger partial charge in [-0.15, -0.1) is 0 Å². The molecule has 24 heavy (non-hydrogen) atoms. The fourth-order valence-electron chi connectivity index (χ4n) is 2.88. The van der Waals surface area contributed by atoms with Crippen LogP contribution >= 0.6 is 0 Å². The van der Waals surface area contributed by atoms with Crippen molar-refractivity contribution >= 4 is 12.0 Å². The summed E-state index contributed by atoms with van der Waals surface area (Å²) in [5, 5.41) is 9.81. The number of nitrogens with one attached hydrogen (secondary N) is 2. The molecule has 1 aliphatic carbocycles. The van der Waals surface area contributed by atoms with E-state index in [0.29, 0.717) is 6.54 Å². The first-order valence-electron chi connectivity index (χ1n) is 8.38. The average Bonchev–Trinajstić information content (AvgIpc) is 2.97. The van der Waals surface area contributed by atoms with Crippen molar-refractivity contribution < 1.29 is 14.3 Å². The Labute approximate surface area is 142 Å². The van der Waals surface area contributed by atoms with Crippen LogP contribution in [-0.2, 0) is 16.1 Å². The van der Waals surface area contributed by atoms with Crippen LogP contribution in [-0.4, -0.2) is 44.4 Å². The lowest BCUT2D eigenvalue weighted by atomic mass is 9.81. The first-order chi connectivity index (χ1) is 11.3. The number of alkyl carbamates (subject to hydrolysis) is 1. The van der Waals surface area contributed by atoms with E-state index in [1.54, 1.807) is 0 Å². The molecular weight excluding hydrogens is 310 g/mol. The van der Waals surface area contributed by atoms with E-state index < -0.39 is 17.2 Å². The van der Waals surface area contributed by atoms with Gasteiger partial charge in [0.1, 0.15) is 24.8 Å². The fourth-order valence-corrected chi connectivity index (χ4v) is 2.88. The van der Waals surface area contributed by atoms with Crippen LogP contribution in [0.15, 0.2) is 12.7 Å². The third-order valence-corrected chi connectivity index (χ3v) is 3.97. The summed E-state index contributed by atoms with van der Waals surface area (Å²) in [6, 6.07) is 0. The maximum absolute atomic E-state index is 12.2. The molecule has 0 bridgehead atoms. The monoisotopic (exact) mass is 337 g/mol. The molecule has 1 saturated carbocycles. The molecule has 1 heterocycles. The third kappa shape index (κ3) is 5.82. The minimum atomic E-state index is -0.545. The summed E-state index contributed by atoms with van der Waals surface area (Å²) in [4.78, 5) is 28.0. The van der Waals surface area contributed by atoms with Crippen molar-refractivity contribution in [2.24, 2.45) is 0 Å². The lowest BCUT2D eigenvalue weighted by molar-refractivity contribution is -0.122. The van der Waals surface area contributed by atoms with Gasteiger partial charge in [0, 0.05) is 6.54 Å². The number of hydrogen-bond acceptors (Lipinski definition) is 5. The van der Waals surface area contributed by atoms with Gasteiger partial charge in [0.2, 0.25) is 5.91 Å². The van der Waals surface area contributed by atoms with E-state index in [-0.39, 0.29) is 12.5 Å². The Morgan fingerprint density at radius 1 is 1.25 bits per heavy atom. The molecule has 1 aromatic heterocycles. The number of ether oxygens (including phenoxy) is 1. The predicted molar refractivity (Wildman–Crippen MR) is 88.2 cm³/mol. The van der Waals surface area contributed by atoms with E-state index in [9.17, 15) is 9.59 Å². The molecule has 0 unspecified atom stereocenters. The van der Waals surface area contributed by atoms with Gasteiger partial charge >= 0.3 is 6.09 Å². The van der Waals surface area contributed by atoms with Crippen LogP contribution in [0.25, 0.3) is 0 Å². The molecule has 0 radical (unpaired) electrons. The van der Waals surface area contributed by atoms with E-state index >= 15 is 0 Å². The van der Waals surface area contributed by atoms with E-state index in [0.717, 1.165) is 32.1 Å². The van der Waals surface area contributed by atoms with Crippen molar-refractivity contribution in [3.05, 3.63) is 12.7 Å². The van der Waals surface area contributed by atoms with Crippen molar-refractivity contribution in [1.29, 1.82) is 0 Å². The largest absolute Gasteiger partial charge is 0.444 e. The molecule has 1 aromatic rings. The van der Waals surface area contributed by atoms with Crippen LogP contribution < -0.4 is 10.6 Å². The Bertz CT molecular complexity index is 545. The normalized spacial score (nSPS) is 17.1. The van der Waals surface area contributed by atoms with Gasteiger partial charge < -0.3 is 15.4 Å². The maximum Gasteiger partial charge on any atom is 0.408 e. The number of aromatic nitrogens is 3. The van der Waals surface area contributed by atoms with E-state index in [2.05, 4.69) is 20.7 Å². The molecule has 0 aromatic carbocycles. The first-order valence-corrected chi connectivity index (χ1v) is 8.38. The highest BCUT2D eigenvalue weighted by atomic mass is 16.6. The van der Waals surface area contributed by atoms with Crippen LogP contribution in [0.2, 0.25) is 0 Å². The molecule has 8 heteroatoms. The van der Waals surface area contributed by atoms with E-state index in [1.165, 1.54) is 17.3 Å². The van der Waals surface area contributed by atoms with Crippen molar-refractivity contribution in [1.82, 2.24) is 25.4 Å². The van der Waals surface area contributed by atoms with Crippen molar-refractivity contribution in [2.75, 3.05) is 6.54 Å². The zero-order valence-corrected chi connectivity index (χ0v) is 14.7. The van der Waals surface area contributed by atoms with E-state index in [1.807, 2.05) is 20.8 Å². The maximum atomic E-state index is 12.2. The summed E-state index contributed by atoms with van der Waals surface area (Å²) in [5.74, 6) is -0.156. The summed E-state index contributed by atoms with van der Waals surface area (Å²) >= 11 is 0. The molecule has 8 nitrogen and oxygen atoms in total. The van der Waals surface area contributed by atoms with Gasteiger partial charge in [0.05, 0.1) is 5.54 Å². The van der Waals surface area contributed by atoms with Crippen LogP contribution in [0, 0.1) is 0 Å². The van der Waals surface area contributed by atoms with Crippen molar-refractivity contribution in [2.45, 2.75) is 70.6 Å². The lowest BCUT2D eigenvalue weighted by Crippen LogP contribution is -2.57. The molecule has 0 atom stereocenters. The fraction of sp³-hybridized carbons (Fsp3) is 0.750. The van der Waals surface area contributed by atoms with Crippen LogP contribution in [0.5, 0.6) is 0 Å². The smallest absolute Gasteiger partial charge is 0.408 e. The first kappa shape index (κ1) is 18.2. The molecular formula is C16H27N5O3. The van der Waals surface area contributed by atoms with Gasteiger partial charge in [-0.05, 0) is 33.6 Å². The van der Waals surface area contributed by atoms with Gasteiger partial charge in [-0.25, -0.2) is 14.5 Å². The summed E-state index contributed by atoms with van der Waals surface area (Å²) < 4.78 is 6.83. The highest BCUT2D eigenvalue weighted by Gasteiger charge is 2.35. The summed E-state index contributed by atoms with van der Waals surface area (Å²) in [7, 11) is 0. The number of amides is 2. The highest BCUT2D eigenvalue weighted by Crippen LogP contribution is 2.28. The SMILES string of the molecule is CC(C)(C)OC(=O)NC1(CNC(=O)Cn2cncn2)CCCCC1. The highest BCUT2D eigenvalue weighted by molar-refractivity contribution is 5.76. The van der Waals surface area contributed by atoms with Crippen molar-refractivity contribution in [3.63, 3.8) is 0 Å². The second-order valence-corrected chi connectivity index (χ2v) is 7.34. The number of carbonyl (C=O) groups is 2. The topological polar surface area (TPSA) is 98.1 Å². The molecule has 2 rings (SSSR count). The quantitative estimate of drug-likeness (QED) is 0.851. The number of carbonyl (C=O) groups excluding carboxylic acids is 2. The third-order valence-electron chi connectivity index (χ3n) is 3.97. The second kappa shape index (κ2) is 7.63. The van der Waals surface area contributed by atoms with Gasteiger partial charge in [0.15, 0.2) is 0 Å². The Morgan fingerprint density at radius 2 is 1.96 bits per heavy atom. The predicted octanol–water partition coefficient (Wildman–Crippen LogP) is 1.62. The molecule has 2 N–H and O–H groups in total. The Kier molecular flexibility index (Phi) is 5.80. The van der Waals surface area contributed by atoms with Gasteiger partial charge in [-0.2, -0.15) is 5.10 Å². The Hall–Kier alpha value is -2.12. The Balaban J connectivity index is 1.91. The molecule has 1 aliphatic rings. The van der Waals surface area contributed by atoms with Crippen LogP contribution in [0.3, 0.4) is 0 Å². The number of nitrogens with zero attached hydrogens (tertiary/aromatic N) is 3. The second-order valence-electron chi connectivity index (χ2n) is 7.34. The summed E-state index contributed by atoms with van der Waals surface area (Å²) in [6.07, 6.45) is 7.30. The van der Waals surface area contributed by atoms with Crippen molar-refractivity contribution in [3.8, 4) is 0 Å². The molecule has 134 valence electrons. The molecule has 0 aliphatic heterocycles.